The summed E-state index contributed by atoms with van der Waals surface area (Å²) in [6.07, 6.45) is 7.17. The van der Waals surface area contributed by atoms with E-state index in [1.807, 2.05) is 30.3 Å². The number of rotatable bonds is 4. The fourth-order valence-electron chi connectivity index (χ4n) is 3.12. The van der Waals surface area contributed by atoms with Gasteiger partial charge in [-0.1, -0.05) is 42.5 Å². The van der Waals surface area contributed by atoms with Crippen molar-refractivity contribution in [2.24, 2.45) is 5.92 Å². The first-order valence-corrected chi connectivity index (χ1v) is 7.42. The molecule has 0 amide bonds. The van der Waals surface area contributed by atoms with E-state index in [1.165, 1.54) is 5.57 Å². The number of ether oxygens (including phenoxy) is 2. The molecule has 0 N–H and O–H groups in total. The van der Waals surface area contributed by atoms with Crippen LogP contribution in [0.1, 0.15) is 24.8 Å². The first kappa shape index (κ1) is 14.1. The van der Waals surface area contributed by atoms with E-state index in [4.69, 9.17) is 9.47 Å². The molecule has 2 aliphatic carbocycles. The van der Waals surface area contributed by atoms with Gasteiger partial charge in [-0.25, -0.2) is 0 Å². The summed E-state index contributed by atoms with van der Waals surface area (Å²) in [5.74, 6) is -0.451. The molecule has 2 aliphatic rings. The number of hydrogen-bond acceptors (Lipinski definition) is 3. The first-order valence-electron chi connectivity index (χ1n) is 7.42. The minimum atomic E-state index is -0.273. The second kappa shape index (κ2) is 6.27. The number of benzene rings is 1. The van der Waals surface area contributed by atoms with Crippen molar-refractivity contribution in [3.8, 4) is 0 Å². The molecule has 2 atom stereocenters. The first-order chi connectivity index (χ1) is 10.3. The van der Waals surface area contributed by atoms with Crippen LogP contribution in [0.5, 0.6) is 0 Å². The quantitative estimate of drug-likeness (QED) is 0.795. The fraction of sp³-hybridized carbons (Fsp3) is 0.389. The SMILES string of the molecule is COC1CC2=CCCC=C2C1C(=O)OCc1ccccc1. The summed E-state index contributed by atoms with van der Waals surface area (Å²) in [5.41, 5.74) is 3.38. The minimum Gasteiger partial charge on any atom is -0.460 e. The maximum atomic E-state index is 12.5. The Bertz CT molecular complexity index is 571. The van der Waals surface area contributed by atoms with Gasteiger partial charge in [0.05, 0.1) is 6.10 Å². The molecule has 110 valence electrons. The third-order valence-electron chi connectivity index (χ3n) is 4.20. The predicted molar refractivity (Wildman–Crippen MR) is 80.5 cm³/mol. The Morgan fingerprint density at radius 2 is 1.95 bits per heavy atom. The Kier molecular flexibility index (Phi) is 4.20. The van der Waals surface area contributed by atoms with Crippen LogP contribution in [0, 0.1) is 5.92 Å². The molecule has 0 spiro atoms. The Hall–Kier alpha value is -1.87. The van der Waals surface area contributed by atoms with Gasteiger partial charge in [0, 0.05) is 7.11 Å². The van der Waals surface area contributed by atoms with Gasteiger partial charge in [-0.15, -0.1) is 0 Å². The molecule has 1 aromatic carbocycles. The molecule has 1 fully saturated rings. The summed E-state index contributed by atoms with van der Waals surface area (Å²) in [4.78, 5) is 12.5. The lowest BCUT2D eigenvalue weighted by Gasteiger charge is -2.18. The maximum Gasteiger partial charge on any atom is 0.316 e. The lowest BCUT2D eigenvalue weighted by atomic mass is 9.94. The third kappa shape index (κ3) is 2.93. The van der Waals surface area contributed by atoms with E-state index in [9.17, 15) is 4.79 Å². The van der Waals surface area contributed by atoms with Crippen molar-refractivity contribution in [2.75, 3.05) is 7.11 Å². The van der Waals surface area contributed by atoms with E-state index in [1.54, 1.807) is 7.11 Å². The second-order valence-corrected chi connectivity index (χ2v) is 5.52. The molecule has 1 saturated carbocycles. The summed E-state index contributed by atoms with van der Waals surface area (Å²) in [5, 5.41) is 0. The van der Waals surface area contributed by atoms with Crippen LogP contribution in [0.25, 0.3) is 0 Å². The number of carbonyl (C=O) groups is 1. The van der Waals surface area contributed by atoms with Crippen molar-refractivity contribution >= 4 is 5.97 Å². The number of fused-ring (bicyclic) bond motifs is 1. The van der Waals surface area contributed by atoms with Gasteiger partial charge >= 0.3 is 5.97 Å². The smallest absolute Gasteiger partial charge is 0.316 e. The van der Waals surface area contributed by atoms with Crippen molar-refractivity contribution < 1.29 is 14.3 Å². The van der Waals surface area contributed by atoms with Crippen LogP contribution in [-0.2, 0) is 20.9 Å². The third-order valence-corrected chi connectivity index (χ3v) is 4.20. The van der Waals surface area contributed by atoms with Crippen molar-refractivity contribution in [1.29, 1.82) is 0 Å². The standard InChI is InChI=1S/C18H20O3/c1-20-16-11-14-9-5-6-10-15(14)17(16)18(19)21-12-13-7-3-2-4-8-13/h2-4,7-10,16-17H,5-6,11-12H2,1H3. The van der Waals surface area contributed by atoms with Crippen LogP contribution in [0.4, 0.5) is 0 Å². The van der Waals surface area contributed by atoms with Gasteiger partial charge in [-0.05, 0) is 36.0 Å². The largest absolute Gasteiger partial charge is 0.460 e. The zero-order valence-corrected chi connectivity index (χ0v) is 12.2. The van der Waals surface area contributed by atoms with E-state index in [0.29, 0.717) is 6.61 Å². The van der Waals surface area contributed by atoms with Crippen molar-refractivity contribution in [2.45, 2.75) is 32.0 Å². The van der Waals surface area contributed by atoms with Crippen LogP contribution in [0.15, 0.2) is 53.6 Å². The number of hydrogen-bond donors (Lipinski definition) is 0. The molecule has 0 saturated heterocycles. The lowest BCUT2D eigenvalue weighted by molar-refractivity contribution is -0.151. The summed E-state index contributed by atoms with van der Waals surface area (Å²) < 4.78 is 11.0. The van der Waals surface area contributed by atoms with E-state index in [2.05, 4.69) is 12.2 Å². The molecule has 1 aromatic rings. The van der Waals surface area contributed by atoms with Crippen LogP contribution >= 0.6 is 0 Å². The summed E-state index contributed by atoms with van der Waals surface area (Å²) in [6, 6.07) is 9.76. The summed E-state index contributed by atoms with van der Waals surface area (Å²) >= 11 is 0. The molecule has 0 aliphatic heterocycles. The van der Waals surface area contributed by atoms with Crippen molar-refractivity contribution in [3.05, 3.63) is 59.2 Å². The zero-order chi connectivity index (χ0) is 14.7. The van der Waals surface area contributed by atoms with Gasteiger partial charge in [-0.3, -0.25) is 4.79 Å². The highest BCUT2D eigenvalue weighted by Crippen LogP contribution is 2.41. The van der Waals surface area contributed by atoms with Crippen LogP contribution in [-0.4, -0.2) is 19.2 Å². The topological polar surface area (TPSA) is 35.5 Å². The normalized spacial score (nSPS) is 24.0. The molecule has 3 heteroatoms. The van der Waals surface area contributed by atoms with Crippen LogP contribution < -0.4 is 0 Å². The minimum absolute atomic E-state index is 0.0936. The maximum absolute atomic E-state index is 12.5. The molecule has 21 heavy (non-hydrogen) atoms. The lowest BCUT2D eigenvalue weighted by Crippen LogP contribution is -2.27. The molecule has 0 heterocycles. The highest BCUT2D eigenvalue weighted by atomic mass is 16.5. The van der Waals surface area contributed by atoms with Gasteiger partial charge in [0.15, 0.2) is 0 Å². The molecule has 3 rings (SSSR count). The Morgan fingerprint density at radius 3 is 2.71 bits per heavy atom. The molecular weight excluding hydrogens is 264 g/mol. The van der Waals surface area contributed by atoms with Gasteiger partial charge in [0.2, 0.25) is 0 Å². The fourth-order valence-corrected chi connectivity index (χ4v) is 3.12. The van der Waals surface area contributed by atoms with Crippen molar-refractivity contribution in [1.82, 2.24) is 0 Å². The van der Waals surface area contributed by atoms with E-state index in [0.717, 1.165) is 30.4 Å². The molecule has 0 bridgehead atoms. The highest BCUT2D eigenvalue weighted by molar-refractivity contribution is 5.80. The van der Waals surface area contributed by atoms with E-state index >= 15 is 0 Å². The van der Waals surface area contributed by atoms with Gasteiger partial charge in [-0.2, -0.15) is 0 Å². The van der Waals surface area contributed by atoms with Crippen LogP contribution in [0.3, 0.4) is 0 Å². The molecule has 0 radical (unpaired) electrons. The molecular formula is C18H20O3. The number of methoxy groups -OCH3 is 1. The van der Waals surface area contributed by atoms with Gasteiger partial charge in [0.1, 0.15) is 12.5 Å². The Morgan fingerprint density at radius 1 is 1.19 bits per heavy atom. The molecule has 3 nitrogen and oxygen atoms in total. The average molecular weight is 284 g/mol. The number of carbonyl (C=O) groups excluding carboxylic acids is 1. The average Bonchev–Trinajstić information content (AvgIpc) is 2.92. The highest BCUT2D eigenvalue weighted by Gasteiger charge is 2.41. The van der Waals surface area contributed by atoms with Gasteiger partial charge in [0.25, 0.3) is 0 Å². The predicted octanol–water partition coefficient (Wildman–Crippen LogP) is 3.41. The molecule has 0 aromatic heterocycles. The van der Waals surface area contributed by atoms with Crippen LogP contribution in [0.2, 0.25) is 0 Å². The van der Waals surface area contributed by atoms with E-state index in [-0.39, 0.29) is 18.0 Å². The van der Waals surface area contributed by atoms with Gasteiger partial charge < -0.3 is 9.47 Å². The summed E-state index contributed by atoms with van der Waals surface area (Å²) in [6.45, 7) is 0.318. The number of allylic oxidation sites excluding steroid dienone is 2. The van der Waals surface area contributed by atoms with E-state index < -0.39 is 0 Å². The van der Waals surface area contributed by atoms with Crippen molar-refractivity contribution in [3.63, 3.8) is 0 Å². The Balaban J connectivity index is 1.70. The zero-order valence-electron chi connectivity index (χ0n) is 12.2. The summed E-state index contributed by atoms with van der Waals surface area (Å²) in [7, 11) is 1.67. The number of esters is 1. The second-order valence-electron chi connectivity index (χ2n) is 5.52. The Labute approximate surface area is 125 Å². The molecule has 2 unspecified atom stereocenters. The monoisotopic (exact) mass is 284 g/mol.